The monoisotopic (exact) mass is 1880 g/mol. The average Bonchev–Trinajstić information content (AvgIpc) is 0.857. The molecule has 0 heterocycles. The zero-order valence-corrected chi connectivity index (χ0v) is 81.4. The van der Waals surface area contributed by atoms with Crippen LogP contribution in [-0.2, 0) is 89.6 Å². The van der Waals surface area contributed by atoms with Gasteiger partial charge in [-0.2, -0.15) is 36.2 Å². The zero-order chi connectivity index (χ0) is 98.5. The number of aliphatic hydroxyl groups excluding tert-OH is 1. The number of rotatable bonds is 61. The number of carboxylic acids is 1. The van der Waals surface area contributed by atoms with E-state index in [1.807, 2.05) is 6.26 Å². The fourth-order valence-corrected chi connectivity index (χ4v) is 14.8. The lowest BCUT2D eigenvalue weighted by atomic mass is 9.95. The molecule has 0 fully saturated rings. The van der Waals surface area contributed by atoms with Crippen LogP contribution in [0.5, 0.6) is 5.75 Å². The topological polar surface area (TPSA) is 605 Å². The molecule has 2 aromatic carbocycles. The molecule has 24 N–H and O–H groups in total. The van der Waals surface area contributed by atoms with E-state index >= 15 is 0 Å². The molecule has 0 unspecified atom stereocenters. The van der Waals surface area contributed by atoms with Crippen LogP contribution in [0.2, 0.25) is 0 Å². The molecule has 38 nitrogen and oxygen atoms in total. The summed E-state index contributed by atoms with van der Waals surface area (Å²) in [6.45, 7) is 28.5. The number of aliphatic hydroxyl groups is 1. The highest BCUT2D eigenvalue weighted by Crippen LogP contribution is 2.20. The summed E-state index contributed by atoms with van der Waals surface area (Å²) in [6.07, 6.45) is 4.49. The lowest BCUT2D eigenvalue weighted by Gasteiger charge is -2.30. The fraction of sp³-hybridized carbons (Fsp3) is 0.674. The van der Waals surface area contributed by atoms with Crippen molar-refractivity contribution in [1.29, 1.82) is 0 Å². The Bertz CT molecular complexity index is 4010. The quantitative estimate of drug-likeness (QED) is 0.0190. The van der Waals surface area contributed by atoms with Gasteiger partial charge >= 0.3 is 5.97 Å². The minimum atomic E-state index is -1.66. The summed E-state index contributed by atoms with van der Waals surface area (Å²) in [4.78, 5) is 231. The second kappa shape index (κ2) is 60.1. The fourth-order valence-electron chi connectivity index (χ4n) is 13.6. The third kappa shape index (κ3) is 43.4. The van der Waals surface area contributed by atoms with Crippen molar-refractivity contribution in [3.8, 4) is 5.75 Å². The predicted molar refractivity (Wildman–Crippen MR) is 505 cm³/mol. The van der Waals surface area contributed by atoms with E-state index in [-0.39, 0.29) is 118 Å². The number of phenols is 1. The van der Waals surface area contributed by atoms with Gasteiger partial charge in [-0.15, -0.1) is 0 Å². The number of aliphatic imine (C=N–C) groups is 1. The van der Waals surface area contributed by atoms with Crippen LogP contribution in [0.1, 0.15) is 193 Å². The van der Waals surface area contributed by atoms with Crippen LogP contribution in [0, 0.1) is 47.3 Å². The molecule has 0 aliphatic heterocycles. The van der Waals surface area contributed by atoms with Gasteiger partial charge in [0, 0.05) is 25.1 Å². The molecule has 0 saturated carbocycles. The average molecular weight is 1890 g/mol. The summed E-state index contributed by atoms with van der Waals surface area (Å²) < 4.78 is 0. The zero-order valence-electron chi connectivity index (χ0n) is 78.9. The van der Waals surface area contributed by atoms with Gasteiger partial charge in [-0.25, -0.2) is 4.79 Å². The maximum atomic E-state index is 14.9. The number of phenolic OH excluding ortho intramolecular Hbond substituents is 1. The van der Waals surface area contributed by atoms with E-state index < -0.39 is 216 Å². The molecule has 732 valence electrons. The van der Waals surface area contributed by atoms with Crippen LogP contribution in [-0.4, -0.2) is 255 Å². The summed E-state index contributed by atoms with van der Waals surface area (Å²) in [6, 6.07) is -6.90. The Kier molecular flexibility index (Phi) is 53.7. The maximum Gasteiger partial charge on any atom is 0.328 e. The van der Waals surface area contributed by atoms with Crippen molar-refractivity contribution in [1.82, 2.24) is 79.8 Å². The van der Waals surface area contributed by atoms with E-state index in [2.05, 4.69) is 97.4 Å². The van der Waals surface area contributed by atoms with Crippen molar-refractivity contribution < 1.29 is 92.0 Å². The normalized spacial score (nSPS) is 15.4. The number of thiol groups is 1. The number of thioether (sulfide) groups is 2. The molecule has 0 aromatic heterocycles. The van der Waals surface area contributed by atoms with Gasteiger partial charge in [0.1, 0.15) is 96.4 Å². The van der Waals surface area contributed by atoms with Crippen LogP contribution >= 0.6 is 36.2 Å². The molecule has 41 heteroatoms. The number of nitrogens with zero attached hydrogens (tertiary/aromatic N) is 1. The van der Waals surface area contributed by atoms with E-state index in [0.29, 0.717) is 35.5 Å². The highest BCUT2D eigenvalue weighted by molar-refractivity contribution is 7.98. The summed E-state index contributed by atoms with van der Waals surface area (Å²) >= 11 is 7.25. The summed E-state index contributed by atoms with van der Waals surface area (Å²) in [5, 5.41) is 69.7. The lowest BCUT2D eigenvalue weighted by molar-refractivity contribution is -0.143. The molecule has 2 rings (SSSR count). The summed E-state index contributed by atoms with van der Waals surface area (Å²) in [5.74, 6) is -16.2. The Hall–Kier alpha value is -10.0. The van der Waals surface area contributed by atoms with Crippen LogP contribution < -0.4 is 97.0 Å². The number of guanidine groups is 1. The van der Waals surface area contributed by atoms with Crippen molar-refractivity contribution in [3.63, 3.8) is 0 Å². The third-order valence-electron chi connectivity index (χ3n) is 21.1. The number of carbonyl (C=O) groups is 16. The molecule has 17 atom stereocenters. The molecule has 2 aromatic rings. The van der Waals surface area contributed by atoms with Crippen molar-refractivity contribution >= 4 is 137 Å². The van der Waals surface area contributed by atoms with E-state index in [4.69, 9.17) is 17.2 Å². The van der Waals surface area contributed by atoms with Gasteiger partial charge in [-0.1, -0.05) is 160 Å². The predicted octanol–water partition coefficient (Wildman–Crippen LogP) is 0.952. The van der Waals surface area contributed by atoms with Crippen molar-refractivity contribution in [2.75, 3.05) is 42.9 Å². The highest BCUT2D eigenvalue weighted by Gasteiger charge is 2.41. The van der Waals surface area contributed by atoms with Crippen LogP contribution in [0.25, 0.3) is 0 Å². The van der Waals surface area contributed by atoms with Gasteiger partial charge in [-0.05, 0) is 159 Å². The smallest absolute Gasteiger partial charge is 0.328 e. The van der Waals surface area contributed by atoms with Gasteiger partial charge in [0.2, 0.25) is 88.6 Å². The third-order valence-corrected chi connectivity index (χ3v) is 22.7. The number of hydrogen-bond donors (Lipinski definition) is 22. The molecule has 0 bridgehead atoms. The number of hydrogen-bond acceptors (Lipinski definition) is 23. The largest absolute Gasteiger partial charge is 0.508 e. The second-order valence-electron chi connectivity index (χ2n) is 35.8. The minimum Gasteiger partial charge on any atom is -0.508 e. The standard InChI is InChI=1S/C89H149N19O19S3/c1-20-53(16)72(87(125)102-65(41-50(10)11)80(118)99-62(38-47(4)5)78(116)98-61(37-46(2)3)77(115)96-60(33-36-130-19)76(114)107-71(52(14)15)86(124)104-68(44-109)88(126)127)108-83(121)67(43-56-28-30-57(110)31-29-56)97-73(111)54(17)94-84(122)69(45-128)105-81(119)64(40-49(8)9)100-79(117)63(39-48(6)7)101-82(120)66(42-55-25-22-21-23-26-55)103-85(123)70(51(12)13)106-75(113)59(27-24-34-93-89(91)92)95-74(112)58(90)32-35-129-18/h21-23,25-26,28-31,46-54,58-72,109-110,128H,20,24,27,32-45,90H2,1-19H3,(H,94,122)(H,95,112)(H,96,115)(H,97,111)(H,98,116)(H,99,118)(H,100,117)(H,101,120)(H,102,125)(H,103,123)(H,104,124)(H,105,119)(H,106,113)(H,107,114)(H,108,121)(H,126,127)(H4,91,92,93)/t53-,54-,58-,59-,60-,61-,62-,63-,64-,65-,66-,67-,68-,69-,70-,71-,72-/m0/s1. The first-order valence-electron chi connectivity index (χ1n) is 44.6. The number of aliphatic carboxylic acids is 1. The van der Waals surface area contributed by atoms with Gasteiger partial charge in [0.25, 0.3) is 0 Å². The second-order valence-corrected chi connectivity index (χ2v) is 38.1. The molecule has 0 spiro atoms. The number of nitrogens with two attached hydrogens (primary N) is 3. The Morgan fingerprint density at radius 2 is 0.692 bits per heavy atom. The Balaban J connectivity index is 2.51. The summed E-state index contributed by atoms with van der Waals surface area (Å²) in [5.41, 5.74) is 18.3. The van der Waals surface area contributed by atoms with Crippen molar-refractivity contribution in [2.45, 2.75) is 291 Å². The Labute approximate surface area is 779 Å². The van der Waals surface area contributed by atoms with Gasteiger partial charge in [0.15, 0.2) is 5.96 Å². The van der Waals surface area contributed by atoms with Crippen molar-refractivity contribution in [2.24, 2.45) is 69.5 Å². The SMILES string of the molecule is CC[C@H](C)[C@H](NC(=O)[C@H](Cc1ccc(O)cc1)NC(=O)[C@H](C)NC(=O)[C@H](CS)NC(=O)[C@H](CC(C)C)NC(=O)[C@H](CC(C)C)NC(=O)[C@H](Cc1ccccc1)NC(=O)[C@@H](NC(=O)[C@H](CCCN=C(N)N)NC(=O)[C@@H](N)CCSC)C(C)C)C(=O)N[C@@H](CC(C)C)C(=O)N[C@@H](CC(C)C)C(=O)N[C@@H](CC(C)C)C(=O)N[C@@H](CCSC)C(=O)N[C@H](C(=O)N[C@@H](CO)C(=O)O)C(C)C. The number of carboxylic acid groups (broad SMARTS) is 1. The van der Waals surface area contributed by atoms with Gasteiger partial charge < -0.3 is 112 Å². The first kappa shape index (κ1) is 116. The first-order chi connectivity index (χ1) is 61.0. The van der Waals surface area contributed by atoms with Crippen LogP contribution in [0.3, 0.4) is 0 Å². The van der Waals surface area contributed by atoms with E-state index in [1.54, 1.807) is 147 Å². The van der Waals surface area contributed by atoms with E-state index in [9.17, 15) is 92.0 Å². The molecular formula is C89H149N19O19S3. The molecule has 0 saturated heterocycles. The molecule has 0 radical (unpaired) electrons. The molecular weight excluding hydrogens is 1740 g/mol. The highest BCUT2D eigenvalue weighted by atomic mass is 32.2. The van der Waals surface area contributed by atoms with Crippen molar-refractivity contribution in [3.05, 3.63) is 65.7 Å². The number of amides is 15. The summed E-state index contributed by atoms with van der Waals surface area (Å²) in [7, 11) is 0. The number of carbonyl (C=O) groups excluding carboxylic acids is 15. The van der Waals surface area contributed by atoms with Crippen LogP contribution in [0.15, 0.2) is 59.6 Å². The molecule has 0 aliphatic rings. The van der Waals surface area contributed by atoms with Gasteiger partial charge in [0.05, 0.1) is 12.6 Å². The molecule has 15 amide bonds. The van der Waals surface area contributed by atoms with Crippen LogP contribution in [0.4, 0.5) is 0 Å². The molecule has 130 heavy (non-hydrogen) atoms. The van der Waals surface area contributed by atoms with E-state index in [1.165, 1.54) is 54.7 Å². The maximum absolute atomic E-state index is 14.9. The number of aromatic hydroxyl groups is 1. The minimum absolute atomic E-state index is 0.0117. The Morgan fingerprint density at radius 1 is 0.377 bits per heavy atom. The number of benzene rings is 2. The number of nitrogens with one attached hydrogen (secondary N) is 15. The lowest BCUT2D eigenvalue weighted by Crippen LogP contribution is -2.62. The first-order valence-corrected chi connectivity index (χ1v) is 48.0. The Morgan fingerprint density at radius 3 is 1.07 bits per heavy atom. The van der Waals surface area contributed by atoms with Gasteiger partial charge in [-0.3, -0.25) is 76.9 Å². The molecule has 0 aliphatic carbocycles. The van der Waals surface area contributed by atoms with E-state index in [0.717, 1.165) is 0 Å².